The number of aliphatic carboxylic acids is 1. The summed E-state index contributed by atoms with van der Waals surface area (Å²) < 4.78 is 5.65. The Kier molecular flexibility index (Phi) is 6.88. The summed E-state index contributed by atoms with van der Waals surface area (Å²) in [5, 5.41) is 12.6. The number of carbonyl (C=O) groups is 3. The first-order valence-corrected chi connectivity index (χ1v) is 12.3. The van der Waals surface area contributed by atoms with Gasteiger partial charge in [-0.05, 0) is 54.4 Å². The minimum atomic E-state index is -1.15. The highest BCUT2D eigenvalue weighted by molar-refractivity contribution is 5.89. The highest BCUT2D eigenvalue weighted by Crippen LogP contribution is 2.44. The zero-order valence-corrected chi connectivity index (χ0v) is 20.8. The average molecular weight is 479 g/mol. The van der Waals surface area contributed by atoms with Crippen LogP contribution >= 0.6 is 0 Å². The van der Waals surface area contributed by atoms with Crippen molar-refractivity contribution in [3.05, 3.63) is 59.7 Å². The maximum Gasteiger partial charge on any atom is 0.407 e. The highest BCUT2D eigenvalue weighted by atomic mass is 16.5. The Morgan fingerprint density at radius 3 is 2.03 bits per heavy atom. The van der Waals surface area contributed by atoms with Crippen LogP contribution in [0.1, 0.15) is 57.1 Å². The summed E-state index contributed by atoms with van der Waals surface area (Å²) in [5.74, 6) is -1.96. The van der Waals surface area contributed by atoms with Crippen molar-refractivity contribution in [3.63, 3.8) is 0 Å². The van der Waals surface area contributed by atoms with E-state index < -0.39 is 29.6 Å². The molecule has 1 saturated carbocycles. The van der Waals surface area contributed by atoms with Gasteiger partial charge in [0, 0.05) is 19.0 Å². The van der Waals surface area contributed by atoms with E-state index >= 15 is 0 Å². The van der Waals surface area contributed by atoms with Gasteiger partial charge in [-0.1, -0.05) is 62.4 Å². The average Bonchev–Trinajstić information content (AvgIpc) is 3.10. The van der Waals surface area contributed by atoms with Crippen molar-refractivity contribution in [3.8, 4) is 11.1 Å². The van der Waals surface area contributed by atoms with E-state index in [1.165, 1.54) is 4.90 Å². The molecule has 2 aromatic rings. The Labute approximate surface area is 206 Å². The number of likely N-dealkylation sites (N-methyl/N-ethyl adjacent to an activating group) is 1. The molecule has 2 aliphatic rings. The Morgan fingerprint density at radius 2 is 1.57 bits per heavy atom. The number of rotatable bonds is 8. The van der Waals surface area contributed by atoms with Crippen LogP contribution in [0, 0.1) is 11.8 Å². The summed E-state index contributed by atoms with van der Waals surface area (Å²) in [6.45, 7) is 5.77. The van der Waals surface area contributed by atoms with E-state index in [1.807, 2.05) is 38.1 Å². The first-order valence-electron chi connectivity index (χ1n) is 12.3. The van der Waals surface area contributed by atoms with Crippen LogP contribution in [0.25, 0.3) is 11.1 Å². The zero-order valence-electron chi connectivity index (χ0n) is 20.8. The molecule has 0 saturated heterocycles. The summed E-state index contributed by atoms with van der Waals surface area (Å²) in [7, 11) is 1.56. The van der Waals surface area contributed by atoms with Crippen LogP contribution in [-0.4, -0.2) is 53.2 Å². The van der Waals surface area contributed by atoms with Crippen LogP contribution in [0.2, 0.25) is 0 Å². The second-order valence-corrected chi connectivity index (χ2v) is 10.1. The van der Waals surface area contributed by atoms with Gasteiger partial charge in [-0.3, -0.25) is 4.79 Å². The lowest BCUT2D eigenvalue weighted by Gasteiger charge is -2.46. The molecule has 2 aliphatic carbocycles. The summed E-state index contributed by atoms with van der Waals surface area (Å²) in [6, 6.07) is 15.7. The molecule has 0 radical (unpaired) electrons. The molecule has 2 atom stereocenters. The molecule has 0 aromatic heterocycles. The third kappa shape index (κ3) is 4.40. The molecule has 2 N–H and O–H groups in total. The van der Waals surface area contributed by atoms with Crippen molar-refractivity contribution in [2.75, 3.05) is 13.7 Å². The first-order chi connectivity index (χ1) is 16.7. The SMILES string of the molecule is CC(C)C(C(=O)N(C)C1(C(=O)O)CCC1)C(C)NC(=O)OCC1c2ccccc2-c2ccccc21. The molecular formula is C28H34N2O5. The van der Waals surface area contributed by atoms with E-state index in [0.29, 0.717) is 12.8 Å². The number of carbonyl (C=O) groups excluding carboxylic acids is 2. The summed E-state index contributed by atoms with van der Waals surface area (Å²) in [6.07, 6.45) is 1.09. The second-order valence-electron chi connectivity index (χ2n) is 10.1. The molecule has 2 amide bonds. The fourth-order valence-electron chi connectivity index (χ4n) is 5.63. The molecule has 0 bridgehead atoms. The fourth-order valence-corrected chi connectivity index (χ4v) is 5.63. The number of ether oxygens (including phenoxy) is 1. The summed E-state index contributed by atoms with van der Waals surface area (Å²) >= 11 is 0. The van der Waals surface area contributed by atoms with Gasteiger partial charge in [0.05, 0.1) is 5.92 Å². The third-order valence-corrected chi connectivity index (χ3v) is 7.78. The molecule has 2 aromatic carbocycles. The number of hydrogen-bond donors (Lipinski definition) is 2. The maximum atomic E-state index is 13.4. The number of amides is 2. The fraction of sp³-hybridized carbons (Fsp3) is 0.464. The summed E-state index contributed by atoms with van der Waals surface area (Å²) in [4.78, 5) is 39.4. The molecule has 186 valence electrons. The minimum Gasteiger partial charge on any atom is -0.479 e. The first kappa shape index (κ1) is 24.8. The van der Waals surface area contributed by atoms with Gasteiger partial charge in [0.1, 0.15) is 12.1 Å². The van der Waals surface area contributed by atoms with E-state index in [0.717, 1.165) is 28.7 Å². The standard InChI is InChI=1S/C28H34N2O5/c1-17(2)24(25(31)30(4)28(26(32)33)14-9-15-28)18(3)29-27(34)35-16-23-21-12-7-5-10-19(21)20-11-6-8-13-22(20)23/h5-8,10-13,17-18,23-24H,9,14-16H2,1-4H3,(H,29,34)(H,32,33). The highest BCUT2D eigenvalue weighted by Gasteiger charge is 2.51. The van der Waals surface area contributed by atoms with Crippen LogP contribution in [0.3, 0.4) is 0 Å². The number of carboxylic acid groups (broad SMARTS) is 1. The number of carboxylic acids is 1. The van der Waals surface area contributed by atoms with Crippen molar-refractivity contribution >= 4 is 18.0 Å². The number of benzene rings is 2. The number of nitrogens with one attached hydrogen (secondary N) is 1. The molecule has 4 rings (SSSR count). The lowest BCUT2D eigenvalue weighted by atomic mass is 9.74. The van der Waals surface area contributed by atoms with Gasteiger partial charge in [-0.2, -0.15) is 0 Å². The lowest BCUT2D eigenvalue weighted by molar-refractivity contribution is -0.166. The van der Waals surface area contributed by atoms with Crippen molar-refractivity contribution in [2.24, 2.45) is 11.8 Å². The summed E-state index contributed by atoms with van der Waals surface area (Å²) in [5.41, 5.74) is 3.43. The Hall–Kier alpha value is -3.35. The number of nitrogens with zero attached hydrogens (tertiary/aromatic N) is 1. The molecule has 35 heavy (non-hydrogen) atoms. The van der Waals surface area contributed by atoms with E-state index in [9.17, 15) is 19.5 Å². The van der Waals surface area contributed by atoms with Crippen LogP contribution in [0.4, 0.5) is 4.79 Å². The van der Waals surface area contributed by atoms with Crippen molar-refractivity contribution in [1.82, 2.24) is 10.2 Å². The van der Waals surface area contributed by atoms with E-state index in [2.05, 4.69) is 29.6 Å². The van der Waals surface area contributed by atoms with Crippen LogP contribution in [0.5, 0.6) is 0 Å². The van der Waals surface area contributed by atoms with E-state index in [-0.39, 0.29) is 24.3 Å². The molecule has 1 fully saturated rings. The Morgan fingerprint density at radius 1 is 1.03 bits per heavy atom. The molecule has 0 heterocycles. The van der Waals surface area contributed by atoms with Gasteiger partial charge >= 0.3 is 12.1 Å². The predicted octanol–water partition coefficient (Wildman–Crippen LogP) is 4.65. The van der Waals surface area contributed by atoms with Gasteiger partial charge in [-0.25, -0.2) is 9.59 Å². The molecule has 7 heteroatoms. The van der Waals surface area contributed by atoms with E-state index in [1.54, 1.807) is 14.0 Å². The maximum absolute atomic E-state index is 13.4. The van der Waals surface area contributed by atoms with Crippen LogP contribution < -0.4 is 5.32 Å². The molecule has 0 aliphatic heterocycles. The second kappa shape index (κ2) is 9.72. The topological polar surface area (TPSA) is 95.9 Å². The van der Waals surface area contributed by atoms with Gasteiger partial charge in [-0.15, -0.1) is 0 Å². The minimum absolute atomic E-state index is 0.0499. The number of hydrogen-bond acceptors (Lipinski definition) is 4. The van der Waals surface area contributed by atoms with Gasteiger partial charge in [0.25, 0.3) is 0 Å². The third-order valence-electron chi connectivity index (χ3n) is 7.78. The number of alkyl carbamates (subject to hydrolysis) is 1. The largest absolute Gasteiger partial charge is 0.479 e. The van der Waals surface area contributed by atoms with Crippen LogP contribution in [0.15, 0.2) is 48.5 Å². The smallest absolute Gasteiger partial charge is 0.407 e. The van der Waals surface area contributed by atoms with Gasteiger partial charge in [0.15, 0.2) is 0 Å². The monoisotopic (exact) mass is 478 g/mol. The Balaban J connectivity index is 1.42. The van der Waals surface area contributed by atoms with E-state index in [4.69, 9.17) is 4.74 Å². The van der Waals surface area contributed by atoms with Crippen LogP contribution in [-0.2, 0) is 14.3 Å². The van der Waals surface area contributed by atoms with Crippen molar-refractivity contribution in [1.29, 1.82) is 0 Å². The van der Waals surface area contributed by atoms with Crippen molar-refractivity contribution < 1.29 is 24.2 Å². The molecule has 2 unspecified atom stereocenters. The van der Waals surface area contributed by atoms with Gasteiger partial charge < -0.3 is 20.1 Å². The quantitative estimate of drug-likeness (QED) is 0.576. The van der Waals surface area contributed by atoms with Gasteiger partial charge in [0.2, 0.25) is 5.91 Å². The molecular weight excluding hydrogens is 444 g/mol. The molecule has 0 spiro atoms. The lowest BCUT2D eigenvalue weighted by Crippen LogP contribution is -2.62. The zero-order chi connectivity index (χ0) is 25.3. The molecule has 7 nitrogen and oxygen atoms in total. The number of fused-ring (bicyclic) bond motifs is 3. The van der Waals surface area contributed by atoms with Crippen molar-refractivity contribution in [2.45, 2.75) is 57.5 Å². The normalized spacial score (nSPS) is 17.5. The predicted molar refractivity (Wildman–Crippen MR) is 133 cm³/mol. The Bertz CT molecular complexity index is 1080.